The molecular formula is C23H24N2. The van der Waals surface area contributed by atoms with Crippen LogP contribution in [0.2, 0.25) is 0 Å². The Labute approximate surface area is 150 Å². The molecule has 0 amide bonds. The van der Waals surface area contributed by atoms with E-state index in [4.69, 9.17) is 4.98 Å². The molecular weight excluding hydrogens is 304 g/mol. The third-order valence-electron chi connectivity index (χ3n) is 5.15. The lowest BCUT2D eigenvalue weighted by Gasteiger charge is -2.31. The van der Waals surface area contributed by atoms with E-state index in [0.717, 1.165) is 19.6 Å². The van der Waals surface area contributed by atoms with Gasteiger partial charge in [0.2, 0.25) is 0 Å². The van der Waals surface area contributed by atoms with E-state index in [9.17, 15) is 0 Å². The summed E-state index contributed by atoms with van der Waals surface area (Å²) >= 11 is 0. The van der Waals surface area contributed by atoms with E-state index < -0.39 is 0 Å². The molecule has 1 aliphatic rings. The number of benzene rings is 2. The third-order valence-corrected chi connectivity index (χ3v) is 5.15. The van der Waals surface area contributed by atoms with Crippen LogP contribution in [0, 0.1) is 0 Å². The van der Waals surface area contributed by atoms with E-state index in [1.807, 2.05) is 6.20 Å². The van der Waals surface area contributed by atoms with Gasteiger partial charge in [0.25, 0.3) is 0 Å². The molecule has 25 heavy (non-hydrogen) atoms. The summed E-state index contributed by atoms with van der Waals surface area (Å²) in [5, 5.41) is 0. The van der Waals surface area contributed by atoms with E-state index in [-0.39, 0.29) is 0 Å². The summed E-state index contributed by atoms with van der Waals surface area (Å²) in [4.78, 5) is 7.33. The largest absolute Gasteiger partial charge is 0.299 e. The van der Waals surface area contributed by atoms with E-state index in [1.54, 1.807) is 0 Å². The molecule has 4 rings (SSSR count). The lowest BCUT2D eigenvalue weighted by Crippen LogP contribution is -2.32. The summed E-state index contributed by atoms with van der Waals surface area (Å²) in [6, 6.07) is 25.7. The standard InChI is InChI=1S/C23H24N2/c1-3-7-19(8-4-1)18-25-15-13-21(14-16-25)23-12-11-22(17-24-23)20-9-5-2-6-10-20/h1-12,17,21H,13-16,18H2. The average Bonchev–Trinajstić information content (AvgIpc) is 2.70. The summed E-state index contributed by atoms with van der Waals surface area (Å²) in [5.74, 6) is 0.594. The predicted octanol–water partition coefficient (Wildman–Crippen LogP) is 5.13. The fourth-order valence-electron chi connectivity index (χ4n) is 3.68. The van der Waals surface area contributed by atoms with Crippen molar-refractivity contribution in [3.8, 4) is 11.1 Å². The quantitative estimate of drug-likeness (QED) is 0.660. The zero-order valence-electron chi connectivity index (χ0n) is 14.5. The second kappa shape index (κ2) is 7.62. The molecule has 0 spiro atoms. The van der Waals surface area contributed by atoms with Crippen molar-refractivity contribution >= 4 is 0 Å². The Balaban J connectivity index is 1.36. The maximum Gasteiger partial charge on any atom is 0.0435 e. The predicted molar refractivity (Wildman–Crippen MR) is 103 cm³/mol. The number of likely N-dealkylation sites (tertiary alicyclic amines) is 1. The molecule has 126 valence electrons. The summed E-state index contributed by atoms with van der Waals surface area (Å²) in [6.07, 6.45) is 4.43. The van der Waals surface area contributed by atoms with Gasteiger partial charge in [-0.15, -0.1) is 0 Å². The SMILES string of the molecule is c1ccc(CN2CCC(c3ccc(-c4ccccc4)cn3)CC2)cc1. The van der Waals surface area contributed by atoms with Crippen molar-refractivity contribution in [3.63, 3.8) is 0 Å². The Hall–Kier alpha value is -2.45. The molecule has 0 radical (unpaired) electrons. The van der Waals surface area contributed by atoms with Crippen LogP contribution in [0.5, 0.6) is 0 Å². The molecule has 2 aromatic carbocycles. The van der Waals surface area contributed by atoms with Gasteiger partial charge in [-0.2, -0.15) is 0 Å². The number of aromatic nitrogens is 1. The van der Waals surface area contributed by atoms with Crippen LogP contribution >= 0.6 is 0 Å². The number of piperidine rings is 1. The molecule has 0 atom stereocenters. The normalized spacial score (nSPS) is 16.0. The Bertz CT molecular complexity index is 773. The molecule has 1 saturated heterocycles. The first-order valence-corrected chi connectivity index (χ1v) is 9.16. The van der Waals surface area contributed by atoms with Crippen LogP contribution in [-0.2, 0) is 6.54 Å². The van der Waals surface area contributed by atoms with Crippen LogP contribution in [0.1, 0.15) is 30.0 Å². The molecule has 2 heteroatoms. The highest BCUT2D eigenvalue weighted by atomic mass is 15.1. The van der Waals surface area contributed by atoms with Crippen molar-refractivity contribution in [2.24, 2.45) is 0 Å². The zero-order chi connectivity index (χ0) is 16.9. The van der Waals surface area contributed by atoms with Crippen molar-refractivity contribution in [2.75, 3.05) is 13.1 Å². The van der Waals surface area contributed by atoms with Crippen LogP contribution < -0.4 is 0 Å². The van der Waals surface area contributed by atoms with E-state index in [2.05, 4.69) is 77.7 Å². The van der Waals surface area contributed by atoms with Gasteiger partial charge in [0.05, 0.1) is 0 Å². The first-order chi connectivity index (χ1) is 12.4. The van der Waals surface area contributed by atoms with Gasteiger partial charge in [-0.3, -0.25) is 9.88 Å². The van der Waals surface area contributed by atoms with E-state index >= 15 is 0 Å². The Morgan fingerprint density at radius 1 is 0.760 bits per heavy atom. The van der Waals surface area contributed by atoms with Gasteiger partial charge >= 0.3 is 0 Å². The van der Waals surface area contributed by atoms with Crippen molar-refractivity contribution in [2.45, 2.75) is 25.3 Å². The van der Waals surface area contributed by atoms with Gasteiger partial charge < -0.3 is 0 Å². The van der Waals surface area contributed by atoms with Crippen molar-refractivity contribution in [1.29, 1.82) is 0 Å². The maximum atomic E-state index is 4.77. The second-order valence-corrected chi connectivity index (χ2v) is 6.87. The topological polar surface area (TPSA) is 16.1 Å². The minimum absolute atomic E-state index is 0.594. The Morgan fingerprint density at radius 2 is 1.44 bits per heavy atom. The van der Waals surface area contributed by atoms with Gasteiger partial charge in [0, 0.05) is 29.9 Å². The van der Waals surface area contributed by atoms with Gasteiger partial charge in [0.15, 0.2) is 0 Å². The number of hydrogen-bond donors (Lipinski definition) is 0. The molecule has 0 N–H and O–H groups in total. The highest BCUT2D eigenvalue weighted by Crippen LogP contribution is 2.28. The number of pyridine rings is 1. The number of hydrogen-bond acceptors (Lipinski definition) is 2. The lowest BCUT2D eigenvalue weighted by atomic mass is 9.92. The summed E-state index contributed by atoms with van der Waals surface area (Å²) < 4.78 is 0. The van der Waals surface area contributed by atoms with Crippen molar-refractivity contribution in [3.05, 3.63) is 90.3 Å². The Morgan fingerprint density at radius 3 is 2.08 bits per heavy atom. The van der Waals surface area contributed by atoms with Gasteiger partial charge in [0.1, 0.15) is 0 Å². The van der Waals surface area contributed by atoms with Gasteiger partial charge in [-0.05, 0) is 43.1 Å². The summed E-state index contributed by atoms with van der Waals surface area (Å²) in [6.45, 7) is 3.37. The van der Waals surface area contributed by atoms with Crippen LogP contribution in [0.25, 0.3) is 11.1 Å². The molecule has 2 heterocycles. The van der Waals surface area contributed by atoms with E-state index in [0.29, 0.717) is 5.92 Å². The fraction of sp³-hybridized carbons (Fsp3) is 0.261. The highest BCUT2D eigenvalue weighted by molar-refractivity contribution is 5.62. The first-order valence-electron chi connectivity index (χ1n) is 9.16. The molecule has 0 saturated carbocycles. The smallest absolute Gasteiger partial charge is 0.0435 e. The van der Waals surface area contributed by atoms with Crippen LogP contribution in [-0.4, -0.2) is 23.0 Å². The van der Waals surface area contributed by atoms with Gasteiger partial charge in [-0.1, -0.05) is 66.7 Å². The molecule has 2 nitrogen and oxygen atoms in total. The van der Waals surface area contributed by atoms with Crippen molar-refractivity contribution < 1.29 is 0 Å². The zero-order valence-corrected chi connectivity index (χ0v) is 14.5. The number of rotatable bonds is 4. The molecule has 0 bridgehead atoms. The molecule has 1 fully saturated rings. The number of nitrogens with zero attached hydrogens (tertiary/aromatic N) is 2. The second-order valence-electron chi connectivity index (χ2n) is 6.87. The highest BCUT2D eigenvalue weighted by Gasteiger charge is 2.21. The Kier molecular flexibility index (Phi) is 4.89. The van der Waals surface area contributed by atoms with Crippen LogP contribution in [0.3, 0.4) is 0 Å². The molecule has 3 aromatic rings. The lowest BCUT2D eigenvalue weighted by molar-refractivity contribution is 0.203. The third kappa shape index (κ3) is 3.97. The maximum absolute atomic E-state index is 4.77. The van der Waals surface area contributed by atoms with Crippen LogP contribution in [0.4, 0.5) is 0 Å². The molecule has 1 aliphatic heterocycles. The van der Waals surface area contributed by atoms with Gasteiger partial charge in [-0.25, -0.2) is 0 Å². The fourth-order valence-corrected chi connectivity index (χ4v) is 3.68. The monoisotopic (exact) mass is 328 g/mol. The minimum Gasteiger partial charge on any atom is -0.299 e. The molecule has 1 aromatic heterocycles. The molecule has 0 unspecified atom stereocenters. The first kappa shape index (κ1) is 16.0. The van der Waals surface area contributed by atoms with Crippen molar-refractivity contribution in [1.82, 2.24) is 9.88 Å². The molecule has 0 aliphatic carbocycles. The minimum atomic E-state index is 0.594. The van der Waals surface area contributed by atoms with E-state index in [1.165, 1.54) is 35.2 Å². The summed E-state index contributed by atoms with van der Waals surface area (Å²) in [7, 11) is 0. The van der Waals surface area contributed by atoms with Crippen LogP contribution in [0.15, 0.2) is 79.0 Å². The summed E-state index contributed by atoms with van der Waals surface area (Å²) in [5.41, 5.74) is 5.09. The average molecular weight is 328 g/mol.